The minimum Gasteiger partial charge on any atom is -0.243 e. The van der Waals surface area contributed by atoms with Crippen LogP contribution in [0, 0.1) is 0 Å². The molecule has 0 unspecified atom stereocenters. The maximum atomic E-state index is 11.9. The van der Waals surface area contributed by atoms with Crippen molar-refractivity contribution < 1.29 is 21.6 Å². The van der Waals surface area contributed by atoms with E-state index in [2.05, 4.69) is 0 Å². The van der Waals surface area contributed by atoms with E-state index in [0.717, 1.165) is 7.05 Å². The van der Waals surface area contributed by atoms with Gasteiger partial charge >= 0.3 is 5.25 Å². The van der Waals surface area contributed by atoms with Crippen molar-refractivity contribution in [2.45, 2.75) is 5.25 Å². The number of rotatable bonds is 3. The molecule has 62 valence electrons. The fourth-order valence-corrected chi connectivity index (χ4v) is 0.663. The molecule has 0 rings (SSSR count). The number of nitrogens with one attached hydrogen (secondary N) is 1. The quantitative estimate of drug-likeness (QED) is 0.664. The molecule has 10 heavy (non-hydrogen) atoms. The SMILES string of the molecule is CNS(=O)(=O)C(F)(F)CF. The molecule has 0 aromatic heterocycles. The zero-order valence-electron chi connectivity index (χ0n) is 5.07. The molecule has 0 aliphatic carbocycles. The van der Waals surface area contributed by atoms with Crippen molar-refractivity contribution in [3.05, 3.63) is 0 Å². The van der Waals surface area contributed by atoms with E-state index in [1.54, 1.807) is 0 Å². The van der Waals surface area contributed by atoms with E-state index in [-0.39, 0.29) is 0 Å². The third-order valence-electron chi connectivity index (χ3n) is 0.817. The van der Waals surface area contributed by atoms with E-state index in [1.165, 1.54) is 4.72 Å². The van der Waals surface area contributed by atoms with E-state index in [0.29, 0.717) is 0 Å². The summed E-state index contributed by atoms with van der Waals surface area (Å²) >= 11 is 0. The number of hydrogen-bond donors (Lipinski definition) is 1. The van der Waals surface area contributed by atoms with E-state index in [4.69, 9.17) is 0 Å². The molecule has 0 saturated carbocycles. The Labute approximate surface area is 56.3 Å². The first-order chi connectivity index (χ1) is 4.37. The Morgan fingerprint density at radius 1 is 1.50 bits per heavy atom. The van der Waals surface area contributed by atoms with Crippen molar-refractivity contribution in [2.24, 2.45) is 0 Å². The van der Waals surface area contributed by atoms with Gasteiger partial charge in [0.25, 0.3) is 10.0 Å². The smallest absolute Gasteiger partial charge is 0.243 e. The van der Waals surface area contributed by atoms with Crippen molar-refractivity contribution >= 4 is 10.0 Å². The first-order valence-corrected chi connectivity index (χ1v) is 3.72. The van der Waals surface area contributed by atoms with Gasteiger partial charge in [-0.3, -0.25) is 0 Å². The minimum absolute atomic E-state index is 0.791. The van der Waals surface area contributed by atoms with Crippen molar-refractivity contribution in [1.29, 1.82) is 0 Å². The van der Waals surface area contributed by atoms with E-state index < -0.39 is 22.0 Å². The van der Waals surface area contributed by atoms with Gasteiger partial charge in [0, 0.05) is 0 Å². The Bertz CT molecular complexity index is 200. The zero-order valence-corrected chi connectivity index (χ0v) is 5.88. The second-order valence-electron chi connectivity index (χ2n) is 1.48. The summed E-state index contributed by atoms with van der Waals surface area (Å²) in [6, 6.07) is 0. The van der Waals surface area contributed by atoms with Crippen LogP contribution in [0.2, 0.25) is 0 Å². The maximum absolute atomic E-state index is 11.9. The maximum Gasteiger partial charge on any atom is 0.386 e. The van der Waals surface area contributed by atoms with Crippen molar-refractivity contribution in [1.82, 2.24) is 4.72 Å². The lowest BCUT2D eigenvalue weighted by Gasteiger charge is -2.10. The molecule has 7 heteroatoms. The van der Waals surface area contributed by atoms with Crippen LogP contribution in [0.4, 0.5) is 13.2 Å². The Morgan fingerprint density at radius 2 is 1.90 bits per heavy atom. The van der Waals surface area contributed by atoms with E-state index in [1.807, 2.05) is 0 Å². The van der Waals surface area contributed by atoms with Gasteiger partial charge in [0.2, 0.25) is 0 Å². The van der Waals surface area contributed by atoms with Gasteiger partial charge < -0.3 is 0 Å². The molecule has 0 heterocycles. The van der Waals surface area contributed by atoms with Crippen LogP contribution in [-0.2, 0) is 10.0 Å². The first kappa shape index (κ1) is 9.70. The average molecular weight is 177 g/mol. The highest BCUT2D eigenvalue weighted by atomic mass is 32.2. The molecule has 0 saturated heterocycles. The molecule has 0 aromatic carbocycles. The van der Waals surface area contributed by atoms with Gasteiger partial charge in [-0.1, -0.05) is 0 Å². The normalized spacial score (nSPS) is 13.6. The molecule has 0 atom stereocenters. The number of hydrogen-bond acceptors (Lipinski definition) is 2. The Hall–Kier alpha value is -0.300. The van der Waals surface area contributed by atoms with Crippen LogP contribution < -0.4 is 4.72 Å². The lowest BCUT2D eigenvalue weighted by Crippen LogP contribution is -2.39. The molecule has 0 aromatic rings. The van der Waals surface area contributed by atoms with Crippen LogP contribution in [0.5, 0.6) is 0 Å². The molecule has 0 bridgehead atoms. The van der Waals surface area contributed by atoms with Crippen LogP contribution >= 0.6 is 0 Å². The standard InChI is InChI=1S/C3H6F3NO2S/c1-7-10(8,9)3(5,6)2-4/h7H,2H2,1H3. The highest BCUT2D eigenvalue weighted by molar-refractivity contribution is 7.90. The average Bonchev–Trinajstić information content (AvgIpc) is 1.88. The molecule has 1 N–H and O–H groups in total. The third kappa shape index (κ3) is 1.60. The van der Waals surface area contributed by atoms with Gasteiger partial charge in [-0.2, -0.15) is 8.78 Å². The van der Waals surface area contributed by atoms with Crippen LogP contribution in [0.1, 0.15) is 0 Å². The van der Waals surface area contributed by atoms with Crippen LogP contribution in [0.15, 0.2) is 0 Å². The number of sulfonamides is 1. The minimum atomic E-state index is -4.81. The first-order valence-electron chi connectivity index (χ1n) is 2.24. The third-order valence-corrected chi connectivity index (χ3v) is 2.25. The molecule has 0 aliphatic rings. The molecule has 0 amide bonds. The van der Waals surface area contributed by atoms with E-state index in [9.17, 15) is 21.6 Å². The molecule has 0 fully saturated rings. The molecular formula is C3H6F3NO2S. The summed E-state index contributed by atoms with van der Waals surface area (Å²) in [5, 5.41) is -4.32. The molecule has 0 aliphatic heterocycles. The number of alkyl halides is 3. The summed E-state index contributed by atoms with van der Waals surface area (Å²) in [4.78, 5) is 0. The summed E-state index contributed by atoms with van der Waals surface area (Å²) in [5.74, 6) is 0. The predicted molar refractivity (Wildman–Crippen MR) is 28.9 cm³/mol. The Balaban J connectivity index is 4.64. The van der Waals surface area contributed by atoms with Gasteiger partial charge in [-0.15, -0.1) is 0 Å². The largest absolute Gasteiger partial charge is 0.386 e. The topological polar surface area (TPSA) is 46.2 Å². The van der Waals surface area contributed by atoms with Crippen LogP contribution in [0.25, 0.3) is 0 Å². The monoisotopic (exact) mass is 177 g/mol. The summed E-state index contributed by atoms with van der Waals surface area (Å²) in [6.07, 6.45) is 0. The Morgan fingerprint density at radius 3 is 2.00 bits per heavy atom. The van der Waals surface area contributed by atoms with Gasteiger partial charge in [-0.05, 0) is 7.05 Å². The van der Waals surface area contributed by atoms with Gasteiger partial charge in [0.1, 0.15) is 0 Å². The summed E-state index contributed by atoms with van der Waals surface area (Å²) in [7, 11) is -4.02. The Kier molecular flexibility index (Phi) is 2.67. The summed E-state index contributed by atoms with van der Waals surface area (Å²) in [5.41, 5.74) is 0. The number of halogens is 3. The second kappa shape index (κ2) is 2.75. The summed E-state index contributed by atoms with van der Waals surface area (Å²) < 4.78 is 56.7. The van der Waals surface area contributed by atoms with Crippen LogP contribution in [-0.4, -0.2) is 27.4 Å². The summed E-state index contributed by atoms with van der Waals surface area (Å²) in [6.45, 7) is -2.21. The van der Waals surface area contributed by atoms with Crippen molar-refractivity contribution in [3.8, 4) is 0 Å². The van der Waals surface area contributed by atoms with Crippen LogP contribution in [0.3, 0.4) is 0 Å². The fraction of sp³-hybridized carbons (Fsp3) is 1.00. The van der Waals surface area contributed by atoms with Gasteiger partial charge in [0.05, 0.1) is 0 Å². The van der Waals surface area contributed by atoms with Crippen molar-refractivity contribution in [3.63, 3.8) is 0 Å². The highest BCUT2D eigenvalue weighted by Crippen LogP contribution is 2.19. The lowest BCUT2D eigenvalue weighted by molar-refractivity contribution is 0.0609. The second-order valence-corrected chi connectivity index (χ2v) is 3.49. The molecule has 0 radical (unpaired) electrons. The van der Waals surface area contributed by atoms with E-state index >= 15 is 0 Å². The predicted octanol–water partition coefficient (Wildman–Crippen LogP) is 0.0979. The lowest BCUT2D eigenvalue weighted by atomic mass is 10.8. The van der Waals surface area contributed by atoms with Crippen molar-refractivity contribution in [2.75, 3.05) is 13.7 Å². The molecule has 0 spiro atoms. The van der Waals surface area contributed by atoms with Gasteiger partial charge in [-0.25, -0.2) is 17.5 Å². The molecule has 3 nitrogen and oxygen atoms in total. The molecular weight excluding hydrogens is 171 g/mol. The zero-order chi connectivity index (χ0) is 8.41. The highest BCUT2D eigenvalue weighted by Gasteiger charge is 2.44. The van der Waals surface area contributed by atoms with Gasteiger partial charge in [0.15, 0.2) is 6.67 Å². The fourth-order valence-electron chi connectivity index (χ4n) is 0.221.